The van der Waals surface area contributed by atoms with E-state index in [-0.39, 0.29) is 24.5 Å². The van der Waals surface area contributed by atoms with E-state index in [1.54, 1.807) is 36.4 Å². The van der Waals surface area contributed by atoms with Crippen molar-refractivity contribution in [2.75, 3.05) is 6.54 Å². The number of carbonyl (C=O) groups excluding carboxylic acids is 3. The molecule has 2 aromatic rings. The molecule has 10 heteroatoms. The summed E-state index contributed by atoms with van der Waals surface area (Å²) in [6.45, 7) is 2.05. The molecular formula is C26H32N4O6. The first-order valence-corrected chi connectivity index (χ1v) is 11.9. The molecule has 0 radical (unpaired) electrons. The van der Waals surface area contributed by atoms with Gasteiger partial charge < -0.3 is 31.5 Å². The van der Waals surface area contributed by atoms with Crippen LogP contribution in [0.1, 0.15) is 30.9 Å². The molecule has 4 atom stereocenters. The van der Waals surface area contributed by atoms with Gasteiger partial charge in [-0.25, -0.2) is 0 Å². The van der Waals surface area contributed by atoms with Crippen LogP contribution in [0.5, 0.6) is 5.75 Å². The number of nitrogens with one attached hydrogen (secondary N) is 4. The molecule has 36 heavy (non-hydrogen) atoms. The van der Waals surface area contributed by atoms with Crippen LogP contribution in [0.25, 0.3) is 0 Å². The van der Waals surface area contributed by atoms with Gasteiger partial charge in [0.2, 0.25) is 17.7 Å². The Labute approximate surface area is 209 Å². The highest BCUT2D eigenvalue weighted by Gasteiger charge is 2.31. The standard InChI is InChI=1S/C26H32N4O6/c1-16(26(35)36)28-24(33)21(14-17-6-3-2-4-7-17)30-25(34)22(15-18-9-11-19(31)12-10-18)29-23(32)20-8-5-13-27-20/h2-4,6-7,9-12,16,20-22,27,31H,5,8,13-15H2,1H3,(H,28,33)(H,29,32)(H,30,34)(H,35,36). The third-order valence-electron chi connectivity index (χ3n) is 6.03. The Kier molecular flexibility index (Phi) is 9.40. The zero-order valence-electron chi connectivity index (χ0n) is 20.1. The number of aromatic hydroxyl groups is 1. The highest BCUT2D eigenvalue weighted by atomic mass is 16.4. The van der Waals surface area contributed by atoms with Crippen LogP contribution in [0.3, 0.4) is 0 Å². The number of amides is 3. The summed E-state index contributed by atoms with van der Waals surface area (Å²) in [5.74, 6) is -2.65. The number of carboxylic acids is 1. The van der Waals surface area contributed by atoms with Crippen molar-refractivity contribution in [2.45, 2.75) is 56.8 Å². The van der Waals surface area contributed by atoms with Gasteiger partial charge in [0.05, 0.1) is 6.04 Å². The van der Waals surface area contributed by atoms with Crippen LogP contribution in [0.15, 0.2) is 54.6 Å². The van der Waals surface area contributed by atoms with Crippen molar-refractivity contribution in [1.29, 1.82) is 0 Å². The highest BCUT2D eigenvalue weighted by Crippen LogP contribution is 2.13. The van der Waals surface area contributed by atoms with E-state index >= 15 is 0 Å². The number of benzene rings is 2. The van der Waals surface area contributed by atoms with Crippen molar-refractivity contribution in [1.82, 2.24) is 21.3 Å². The molecule has 1 aliphatic rings. The van der Waals surface area contributed by atoms with Crippen LogP contribution in [-0.2, 0) is 32.0 Å². The van der Waals surface area contributed by atoms with Crippen LogP contribution in [0.2, 0.25) is 0 Å². The number of carbonyl (C=O) groups is 4. The summed E-state index contributed by atoms with van der Waals surface area (Å²) in [6, 6.07) is 11.7. The van der Waals surface area contributed by atoms with Gasteiger partial charge in [0, 0.05) is 12.8 Å². The van der Waals surface area contributed by atoms with Crippen LogP contribution < -0.4 is 21.3 Å². The minimum atomic E-state index is -1.20. The van der Waals surface area contributed by atoms with Crippen molar-refractivity contribution in [3.05, 3.63) is 65.7 Å². The maximum absolute atomic E-state index is 13.4. The van der Waals surface area contributed by atoms with E-state index in [0.717, 1.165) is 12.0 Å². The van der Waals surface area contributed by atoms with Gasteiger partial charge in [0.1, 0.15) is 23.9 Å². The van der Waals surface area contributed by atoms with Crippen LogP contribution in [0.4, 0.5) is 0 Å². The highest BCUT2D eigenvalue weighted by molar-refractivity contribution is 5.94. The Bertz CT molecular complexity index is 1050. The van der Waals surface area contributed by atoms with E-state index < -0.39 is 42.0 Å². The Morgan fingerprint density at radius 2 is 1.47 bits per heavy atom. The maximum atomic E-state index is 13.4. The fourth-order valence-electron chi connectivity index (χ4n) is 3.96. The Balaban J connectivity index is 1.79. The second-order valence-corrected chi connectivity index (χ2v) is 8.90. The number of aliphatic carboxylic acids is 1. The molecule has 1 saturated heterocycles. The predicted molar refractivity (Wildman–Crippen MR) is 132 cm³/mol. The fraction of sp³-hybridized carbons (Fsp3) is 0.385. The molecule has 0 spiro atoms. The molecule has 3 amide bonds. The zero-order valence-corrected chi connectivity index (χ0v) is 20.1. The number of rotatable bonds is 11. The van der Waals surface area contributed by atoms with Gasteiger partial charge in [-0.1, -0.05) is 42.5 Å². The number of hydrogen-bond acceptors (Lipinski definition) is 6. The smallest absolute Gasteiger partial charge is 0.325 e. The van der Waals surface area contributed by atoms with Crippen LogP contribution in [0, 0.1) is 0 Å². The van der Waals surface area contributed by atoms with E-state index in [2.05, 4.69) is 21.3 Å². The number of hydrogen-bond donors (Lipinski definition) is 6. The molecule has 0 aromatic heterocycles. The number of phenols is 1. The van der Waals surface area contributed by atoms with Gasteiger partial charge in [0.25, 0.3) is 0 Å². The summed E-state index contributed by atoms with van der Waals surface area (Å²) < 4.78 is 0. The minimum absolute atomic E-state index is 0.0751. The topological polar surface area (TPSA) is 157 Å². The van der Waals surface area contributed by atoms with Gasteiger partial charge in [-0.2, -0.15) is 0 Å². The van der Waals surface area contributed by atoms with Gasteiger partial charge in [-0.05, 0) is 49.6 Å². The fourth-order valence-corrected chi connectivity index (χ4v) is 3.96. The molecule has 0 saturated carbocycles. The third-order valence-corrected chi connectivity index (χ3v) is 6.03. The lowest BCUT2D eigenvalue weighted by Gasteiger charge is -2.25. The Morgan fingerprint density at radius 1 is 0.889 bits per heavy atom. The Hall–Kier alpha value is -3.92. The molecule has 6 N–H and O–H groups in total. The van der Waals surface area contributed by atoms with Crippen molar-refractivity contribution in [3.8, 4) is 5.75 Å². The van der Waals surface area contributed by atoms with Crippen molar-refractivity contribution >= 4 is 23.7 Å². The first-order valence-electron chi connectivity index (χ1n) is 11.9. The van der Waals surface area contributed by atoms with Gasteiger partial charge >= 0.3 is 5.97 Å². The second kappa shape index (κ2) is 12.7. The van der Waals surface area contributed by atoms with E-state index in [9.17, 15) is 29.4 Å². The van der Waals surface area contributed by atoms with E-state index in [0.29, 0.717) is 18.5 Å². The van der Waals surface area contributed by atoms with Crippen molar-refractivity contribution in [2.24, 2.45) is 0 Å². The molecule has 192 valence electrons. The van der Waals surface area contributed by atoms with E-state index in [4.69, 9.17) is 0 Å². The summed E-state index contributed by atoms with van der Waals surface area (Å²) in [5.41, 5.74) is 1.48. The lowest BCUT2D eigenvalue weighted by atomic mass is 10.0. The summed E-state index contributed by atoms with van der Waals surface area (Å²) in [7, 11) is 0. The summed E-state index contributed by atoms with van der Waals surface area (Å²) >= 11 is 0. The average Bonchev–Trinajstić information content (AvgIpc) is 3.40. The molecule has 4 unspecified atom stereocenters. The lowest BCUT2D eigenvalue weighted by Crippen LogP contribution is -2.57. The monoisotopic (exact) mass is 496 g/mol. The van der Waals surface area contributed by atoms with Crippen LogP contribution >= 0.6 is 0 Å². The average molecular weight is 497 g/mol. The minimum Gasteiger partial charge on any atom is -0.508 e. The molecule has 1 heterocycles. The second-order valence-electron chi connectivity index (χ2n) is 8.90. The van der Waals surface area contributed by atoms with Crippen molar-refractivity contribution < 1.29 is 29.4 Å². The molecule has 3 rings (SSSR count). The molecular weight excluding hydrogens is 464 g/mol. The molecule has 1 aliphatic heterocycles. The number of carboxylic acid groups (broad SMARTS) is 1. The summed E-state index contributed by atoms with van der Waals surface area (Å²) in [4.78, 5) is 50.4. The first kappa shape index (κ1) is 26.7. The Morgan fingerprint density at radius 3 is 2.06 bits per heavy atom. The van der Waals surface area contributed by atoms with Gasteiger partial charge in [0.15, 0.2) is 0 Å². The molecule has 1 fully saturated rings. The normalized spacial score (nSPS) is 17.4. The molecule has 2 aromatic carbocycles. The van der Waals surface area contributed by atoms with Crippen LogP contribution in [-0.4, -0.2) is 64.6 Å². The van der Waals surface area contributed by atoms with Gasteiger partial charge in [-0.3, -0.25) is 19.2 Å². The lowest BCUT2D eigenvalue weighted by molar-refractivity contribution is -0.141. The van der Waals surface area contributed by atoms with Crippen molar-refractivity contribution in [3.63, 3.8) is 0 Å². The van der Waals surface area contributed by atoms with Gasteiger partial charge in [-0.15, -0.1) is 0 Å². The van der Waals surface area contributed by atoms with E-state index in [1.807, 2.05) is 6.07 Å². The quantitative estimate of drug-likeness (QED) is 0.264. The number of phenolic OH excluding ortho intramolecular Hbond substituents is 1. The first-order chi connectivity index (χ1) is 17.2. The molecule has 10 nitrogen and oxygen atoms in total. The zero-order chi connectivity index (χ0) is 26.1. The largest absolute Gasteiger partial charge is 0.508 e. The predicted octanol–water partition coefficient (Wildman–Crippen LogP) is 0.488. The maximum Gasteiger partial charge on any atom is 0.325 e. The summed E-state index contributed by atoms with van der Waals surface area (Å²) in [5, 5.41) is 29.8. The third kappa shape index (κ3) is 7.81. The summed E-state index contributed by atoms with van der Waals surface area (Å²) in [6.07, 6.45) is 1.78. The van der Waals surface area contributed by atoms with E-state index in [1.165, 1.54) is 19.1 Å². The molecule has 0 aliphatic carbocycles. The molecule has 0 bridgehead atoms. The SMILES string of the molecule is CC(NC(=O)C(Cc1ccccc1)NC(=O)C(Cc1ccc(O)cc1)NC(=O)C1CCCN1)C(=O)O.